The van der Waals surface area contributed by atoms with Crippen LogP contribution in [0.3, 0.4) is 0 Å². The molecule has 1 aliphatic rings. The summed E-state index contributed by atoms with van der Waals surface area (Å²) < 4.78 is 40.7. The number of halogens is 3. The lowest BCUT2D eigenvalue weighted by Gasteiger charge is -2.31. The molecule has 1 saturated carbocycles. The highest BCUT2D eigenvalue weighted by molar-refractivity contribution is 5.97. The van der Waals surface area contributed by atoms with Crippen LogP contribution in [0.1, 0.15) is 49.4 Å². The molecule has 2 atom stereocenters. The van der Waals surface area contributed by atoms with Crippen molar-refractivity contribution in [1.29, 1.82) is 0 Å². The second-order valence-electron chi connectivity index (χ2n) is 5.40. The predicted molar refractivity (Wildman–Crippen MR) is 68.4 cm³/mol. The summed E-state index contributed by atoms with van der Waals surface area (Å²) >= 11 is 0. The molecule has 2 unspecified atom stereocenters. The minimum Gasteiger partial charge on any atom is -0.294 e. The molecule has 3 nitrogen and oxygen atoms in total. The van der Waals surface area contributed by atoms with Crippen molar-refractivity contribution in [2.45, 2.75) is 51.7 Å². The van der Waals surface area contributed by atoms with E-state index in [1.165, 1.54) is 6.20 Å². The Hall–Kier alpha value is -1.33. The zero-order valence-electron chi connectivity index (χ0n) is 11.5. The number of Topliss-reactive ketones (excluding diaryl/α,β-unsaturated/α-hetero) is 1. The van der Waals surface area contributed by atoms with Crippen LogP contribution in [0.5, 0.6) is 0 Å². The Bertz CT molecular complexity index is 467. The van der Waals surface area contributed by atoms with Gasteiger partial charge in [-0.15, -0.1) is 0 Å². The molecule has 2 rings (SSSR count). The summed E-state index contributed by atoms with van der Waals surface area (Å²) in [6.07, 6.45) is 1.14. The molecule has 1 aromatic heterocycles. The van der Waals surface area contributed by atoms with Gasteiger partial charge in [0, 0.05) is 18.7 Å². The van der Waals surface area contributed by atoms with Crippen LogP contribution in [0.15, 0.2) is 12.4 Å². The Morgan fingerprint density at radius 1 is 1.40 bits per heavy atom. The molecule has 0 radical (unpaired) electrons. The monoisotopic (exact) mass is 288 g/mol. The van der Waals surface area contributed by atoms with Crippen LogP contribution in [-0.2, 0) is 6.54 Å². The lowest BCUT2D eigenvalue weighted by molar-refractivity contribution is -0.190. The van der Waals surface area contributed by atoms with E-state index in [0.29, 0.717) is 31.4 Å². The van der Waals surface area contributed by atoms with Gasteiger partial charge in [0.25, 0.3) is 0 Å². The van der Waals surface area contributed by atoms with E-state index in [0.717, 1.165) is 6.42 Å². The lowest BCUT2D eigenvalue weighted by Crippen LogP contribution is -2.37. The van der Waals surface area contributed by atoms with Gasteiger partial charge in [-0.3, -0.25) is 9.48 Å². The normalized spacial score (nSPS) is 23.8. The maximum absolute atomic E-state index is 13.0. The van der Waals surface area contributed by atoms with E-state index in [9.17, 15) is 18.0 Å². The third kappa shape index (κ3) is 3.22. The Balaban J connectivity index is 2.16. The van der Waals surface area contributed by atoms with Gasteiger partial charge >= 0.3 is 6.18 Å². The minimum absolute atomic E-state index is 0.0585. The number of rotatable bonds is 4. The number of ketones is 1. The van der Waals surface area contributed by atoms with Crippen LogP contribution >= 0.6 is 0 Å². The summed E-state index contributed by atoms with van der Waals surface area (Å²) in [7, 11) is 0. The lowest BCUT2D eigenvalue weighted by atomic mass is 9.75. The van der Waals surface area contributed by atoms with E-state index in [1.54, 1.807) is 10.9 Å². The average molecular weight is 288 g/mol. The second kappa shape index (κ2) is 5.97. The summed E-state index contributed by atoms with van der Waals surface area (Å²) in [4.78, 5) is 12.3. The molecule has 0 spiro atoms. The number of alkyl halides is 3. The van der Waals surface area contributed by atoms with Gasteiger partial charge in [-0.25, -0.2) is 0 Å². The summed E-state index contributed by atoms with van der Waals surface area (Å²) in [6.45, 7) is 2.64. The summed E-state index contributed by atoms with van der Waals surface area (Å²) in [5.74, 6) is -2.85. The van der Waals surface area contributed by atoms with Gasteiger partial charge in [-0.05, 0) is 19.3 Å². The standard InChI is InChI=1S/C14H19F3N2O/c1-2-7-19-9-10(8-18-19)13(20)11-5-3-4-6-12(11)14(15,16)17/h8-9,11-12H,2-7H2,1H3. The fourth-order valence-corrected chi connectivity index (χ4v) is 2.89. The predicted octanol–water partition coefficient (Wildman–Crippen LogP) is 3.84. The van der Waals surface area contributed by atoms with E-state index in [2.05, 4.69) is 5.10 Å². The van der Waals surface area contributed by atoms with E-state index in [4.69, 9.17) is 0 Å². The van der Waals surface area contributed by atoms with Gasteiger partial charge in [0.05, 0.1) is 17.7 Å². The molecule has 1 aliphatic carbocycles. The van der Waals surface area contributed by atoms with Crippen molar-refractivity contribution in [3.63, 3.8) is 0 Å². The molecule has 0 aromatic carbocycles. The van der Waals surface area contributed by atoms with Crippen LogP contribution in [0.2, 0.25) is 0 Å². The molecule has 1 fully saturated rings. The number of hydrogen-bond donors (Lipinski definition) is 0. The third-order valence-electron chi connectivity index (χ3n) is 3.89. The number of nitrogens with zero attached hydrogens (tertiary/aromatic N) is 2. The number of hydrogen-bond acceptors (Lipinski definition) is 2. The SMILES string of the molecule is CCCn1cc(C(=O)C2CCCCC2C(F)(F)F)cn1. The molecule has 0 N–H and O–H groups in total. The fourth-order valence-electron chi connectivity index (χ4n) is 2.89. The van der Waals surface area contributed by atoms with Crippen molar-refractivity contribution < 1.29 is 18.0 Å². The van der Waals surface area contributed by atoms with Gasteiger partial charge in [0.15, 0.2) is 5.78 Å². The Morgan fingerprint density at radius 3 is 2.75 bits per heavy atom. The molecule has 1 heterocycles. The number of carbonyl (C=O) groups excluding carboxylic acids is 1. The molecular weight excluding hydrogens is 269 g/mol. The third-order valence-corrected chi connectivity index (χ3v) is 3.89. The quantitative estimate of drug-likeness (QED) is 0.789. The average Bonchev–Trinajstić information content (AvgIpc) is 2.86. The molecule has 0 bridgehead atoms. The zero-order valence-corrected chi connectivity index (χ0v) is 11.5. The number of carbonyl (C=O) groups is 1. The van der Waals surface area contributed by atoms with Crippen molar-refractivity contribution in [2.24, 2.45) is 11.8 Å². The van der Waals surface area contributed by atoms with Crippen molar-refractivity contribution >= 4 is 5.78 Å². The van der Waals surface area contributed by atoms with Crippen LogP contribution in [0.25, 0.3) is 0 Å². The molecule has 20 heavy (non-hydrogen) atoms. The van der Waals surface area contributed by atoms with Crippen LogP contribution in [0, 0.1) is 11.8 Å². The Kier molecular flexibility index (Phi) is 4.50. The highest BCUT2D eigenvalue weighted by Gasteiger charge is 2.48. The molecule has 0 aliphatic heterocycles. The molecule has 112 valence electrons. The summed E-state index contributed by atoms with van der Waals surface area (Å²) in [5.41, 5.74) is 0.305. The zero-order chi connectivity index (χ0) is 14.8. The highest BCUT2D eigenvalue weighted by atomic mass is 19.4. The molecule has 0 saturated heterocycles. The first-order valence-corrected chi connectivity index (χ1v) is 7.07. The first-order chi connectivity index (χ1) is 9.43. The van der Waals surface area contributed by atoms with E-state index < -0.39 is 23.8 Å². The minimum atomic E-state index is -4.29. The Labute approximate surface area is 116 Å². The van der Waals surface area contributed by atoms with E-state index in [1.807, 2.05) is 6.92 Å². The molecular formula is C14H19F3N2O. The summed E-state index contributed by atoms with van der Waals surface area (Å²) in [5, 5.41) is 4.02. The van der Waals surface area contributed by atoms with Gasteiger partial charge in [0.2, 0.25) is 0 Å². The van der Waals surface area contributed by atoms with Crippen molar-refractivity contribution in [2.75, 3.05) is 0 Å². The largest absolute Gasteiger partial charge is 0.392 e. The van der Waals surface area contributed by atoms with Crippen LogP contribution in [-0.4, -0.2) is 21.7 Å². The fraction of sp³-hybridized carbons (Fsp3) is 0.714. The van der Waals surface area contributed by atoms with Gasteiger partial charge in [-0.2, -0.15) is 18.3 Å². The van der Waals surface area contributed by atoms with Crippen molar-refractivity contribution in [3.05, 3.63) is 18.0 Å². The Morgan fingerprint density at radius 2 is 2.10 bits per heavy atom. The van der Waals surface area contributed by atoms with Gasteiger partial charge in [0.1, 0.15) is 0 Å². The topological polar surface area (TPSA) is 34.9 Å². The smallest absolute Gasteiger partial charge is 0.294 e. The highest BCUT2D eigenvalue weighted by Crippen LogP contribution is 2.42. The van der Waals surface area contributed by atoms with Gasteiger partial charge < -0.3 is 0 Å². The first-order valence-electron chi connectivity index (χ1n) is 7.07. The first kappa shape index (κ1) is 15.1. The molecule has 0 amide bonds. The van der Waals surface area contributed by atoms with Crippen molar-refractivity contribution in [3.8, 4) is 0 Å². The van der Waals surface area contributed by atoms with Crippen LogP contribution < -0.4 is 0 Å². The second-order valence-corrected chi connectivity index (χ2v) is 5.40. The number of aryl methyl sites for hydroxylation is 1. The van der Waals surface area contributed by atoms with E-state index >= 15 is 0 Å². The van der Waals surface area contributed by atoms with Gasteiger partial charge in [-0.1, -0.05) is 19.8 Å². The van der Waals surface area contributed by atoms with Crippen LogP contribution in [0.4, 0.5) is 13.2 Å². The molecule has 1 aromatic rings. The maximum atomic E-state index is 13.0. The summed E-state index contributed by atoms with van der Waals surface area (Å²) in [6, 6.07) is 0. The molecule has 6 heteroatoms. The van der Waals surface area contributed by atoms with Crippen molar-refractivity contribution in [1.82, 2.24) is 9.78 Å². The maximum Gasteiger partial charge on any atom is 0.392 e. The number of aromatic nitrogens is 2. The van der Waals surface area contributed by atoms with E-state index in [-0.39, 0.29) is 6.42 Å².